The second-order valence-corrected chi connectivity index (χ2v) is 18.5. The largest absolute Gasteiger partial charge is 0.309 e. The molecule has 0 radical (unpaired) electrons. The van der Waals surface area contributed by atoms with Crippen LogP contribution in [0.4, 0.5) is 0 Å². The zero-order valence-corrected chi connectivity index (χ0v) is 35.6. The molecule has 1 spiro atoms. The molecule has 0 unspecified atom stereocenters. The topological polar surface area (TPSA) is 30.7 Å². The first-order valence-electron chi connectivity index (χ1n) is 22.1. The van der Waals surface area contributed by atoms with Crippen LogP contribution in [0.5, 0.6) is 0 Å². The molecule has 13 aromatic rings. The number of rotatable bonds is 3. The van der Waals surface area contributed by atoms with E-state index in [4.69, 9.17) is 9.97 Å². The van der Waals surface area contributed by atoms with Gasteiger partial charge in [-0.3, -0.25) is 0 Å². The number of benzene rings is 9. The normalized spacial score (nSPS) is 13.2. The molecule has 0 aliphatic heterocycles. The molecule has 15 rings (SSSR count). The lowest BCUT2D eigenvalue weighted by Crippen LogP contribution is -2.25. The van der Waals surface area contributed by atoms with E-state index in [1.165, 1.54) is 76.2 Å². The standard InChI is InChI=1S/C61H33N3S/c1-2-15-37-35-54-48(34-36(37)14-1)44-18-6-11-26-53(44)64(54)41-31-30-38-32-40(29-28-39(38)33-41)60-62-57-46-20-7-12-27-55(46)65-59(57)58(63-60)47-21-13-25-52-56(47)45-19-5-10-24-51(45)61(52)49-22-8-3-16-42(49)43-17-4-9-23-50(43)61/h1-4,6-18,20-35H. The molecule has 3 aromatic heterocycles. The predicted molar refractivity (Wildman–Crippen MR) is 269 cm³/mol. The van der Waals surface area contributed by atoms with Gasteiger partial charge < -0.3 is 4.57 Å². The quantitative estimate of drug-likeness (QED) is 0.177. The average molecular weight is 840 g/mol. The van der Waals surface area contributed by atoms with Crippen LogP contribution in [-0.2, 0) is 5.41 Å². The first kappa shape index (κ1) is 35.1. The van der Waals surface area contributed by atoms with Crippen LogP contribution in [0.15, 0.2) is 200 Å². The fraction of sp³-hybridized carbons (Fsp3) is 0.0164. The van der Waals surface area contributed by atoms with Gasteiger partial charge in [0.1, 0.15) is 0 Å². The fourth-order valence-electron chi connectivity index (χ4n) is 11.5. The molecule has 4 heteroatoms. The van der Waals surface area contributed by atoms with Crippen LogP contribution in [0.25, 0.3) is 114 Å². The van der Waals surface area contributed by atoms with Crippen molar-refractivity contribution in [2.45, 2.75) is 5.41 Å². The summed E-state index contributed by atoms with van der Waals surface area (Å²) < 4.78 is 4.69. The minimum atomic E-state index is -0.487. The van der Waals surface area contributed by atoms with Crippen LogP contribution in [0, 0.1) is 12.1 Å². The molecule has 0 bridgehead atoms. The lowest BCUT2D eigenvalue weighted by atomic mass is 9.70. The molecule has 298 valence electrons. The van der Waals surface area contributed by atoms with Gasteiger partial charge in [0.15, 0.2) is 5.82 Å². The highest BCUT2D eigenvalue weighted by Crippen LogP contribution is 2.64. The molecule has 0 amide bonds. The average Bonchev–Trinajstić information content (AvgIpc) is 4.09. The van der Waals surface area contributed by atoms with E-state index >= 15 is 0 Å². The Hall–Kier alpha value is -8.36. The molecule has 3 heterocycles. The molecule has 2 aliphatic rings. The van der Waals surface area contributed by atoms with E-state index in [9.17, 15) is 0 Å². The van der Waals surface area contributed by atoms with E-state index in [-0.39, 0.29) is 0 Å². The zero-order chi connectivity index (χ0) is 42.4. The van der Waals surface area contributed by atoms with Gasteiger partial charge in [-0.15, -0.1) is 11.3 Å². The van der Waals surface area contributed by atoms with Crippen molar-refractivity contribution in [1.82, 2.24) is 14.5 Å². The van der Waals surface area contributed by atoms with Gasteiger partial charge in [0.2, 0.25) is 0 Å². The highest BCUT2D eigenvalue weighted by atomic mass is 32.1. The predicted octanol–water partition coefficient (Wildman–Crippen LogP) is 15.5. The van der Waals surface area contributed by atoms with Gasteiger partial charge in [0, 0.05) is 48.8 Å². The Kier molecular flexibility index (Phi) is 6.95. The molecular formula is C61H33N3S. The molecular weight excluding hydrogens is 807 g/mol. The monoisotopic (exact) mass is 839 g/mol. The molecule has 0 N–H and O–H groups in total. The van der Waals surface area contributed by atoms with Crippen molar-refractivity contribution in [2.75, 3.05) is 0 Å². The Morgan fingerprint density at radius 2 is 1.15 bits per heavy atom. The van der Waals surface area contributed by atoms with E-state index in [0.29, 0.717) is 5.82 Å². The fourth-order valence-corrected chi connectivity index (χ4v) is 12.7. The summed E-state index contributed by atoms with van der Waals surface area (Å²) in [6.07, 6.45) is 0. The minimum absolute atomic E-state index is 0.487. The highest BCUT2D eigenvalue weighted by molar-refractivity contribution is 7.26. The third kappa shape index (κ3) is 4.65. The molecule has 10 aromatic carbocycles. The first-order valence-corrected chi connectivity index (χ1v) is 23.0. The number of thiophene rings is 1. The zero-order valence-electron chi connectivity index (χ0n) is 34.8. The third-order valence-corrected chi connectivity index (χ3v) is 15.4. The maximum atomic E-state index is 5.62. The summed E-state index contributed by atoms with van der Waals surface area (Å²) in [5, 5.41) is 8.44. The number of fused-ring (bicyclic) bond motifs is 18. The van der Waals surface area contributed by atoms with Crippen LogP contribution in [0.2, 0.25) is 0 Å². The van der Waals surface area contributed by atoms with E-state index in [1.54, 1.807) is 11.3 Å². The van der Waals surface area contributed by atoms with Crippen LogP contribution in [0.3, 0.4) is 0 Å². The Bertz CT molecular complexity index is 4160. The van der Waals surface area contributed by atoms with Crippen molar-refractivity contribution >= 4 is 75.0 Å². The number of para-hydroxylation sites is 1. The summed E-state index contributed by atoms with van der Waals surface area (Å²) in [5.74, 6) is 0.710. The van der Waals surface area contributed by atoms with Gasteiger partial charge in [0.25, 0.3) is 0 Å². The number of hydrogen-bond donors (Lipinski definition) is 0. The summed E-state index contributed by atoms with van der Waals surface area (Å²) in [6, 6.07) is 80.1. The van der Waals surface area contributed by atoms with Gasteiger partial charge in [-0.25, -0.2) is 9.97 Å². The SMILES string of the molecule is c1ccc2c(c#1)-c1c(-c3nc(-c4ccc5cc(-n6c7ccccc7c7cc8ccccc8cc76)ccc5c4)nc4c3sc3ccccc34)cccc1C21c2ccccc2-c2ccccc21. The molecule has 2 aliphatic carbocycles. The van der Waals surface area contributed by atoms with Gasteiger partial charge in [-0.05, 0) is 110 Å². The van der Waals surface area contributed by atoms with Crippen molar-refractivity contribution in [1.29, 1.82) is 0 Å². The van der Waals surface area contributed by atoms with Crippen LogP contribution in [-0.4, -0.2) is 14.5 Å². The second-order valence-electron chi connectivity index (χ2n) is 17.4. The maximum absolute atomic E-state index is 5.62. The van der Waals surface area contributed by atoms with E-state index in [0.717, 1.165) is 54.4 Å². The molecule has 0 saturated heterocycles. The van der Waals surface area contributed by atoms with Gasteiger partial charge in [0.05, 0.1) is 32.4 Å². The van der Waals surface area contributed by atoms with E-state index in [1.807, 2.05) is 6.07 Å². The lowest BCUT2D eigenvalue weighted by Gasteiger charge is -2.30. The summed E-state index contributed by atoms with van der Waals surface area (Å²) in [7, 11) is 0. The van der Waals surface area contributed by atoms with E-state index < -0.39 is 5.41 Å². The smallest absolute Gasteiger partial charge is 0.160 e. The third-order valence-electron chi connectivity index (χ3n) is 14.2. The Labute approximate surface area is 378 Å². The molecule has 0 atom stereocenters. The van der Waals surface area contributed by atoms with E-state index in [2.05, 4.69) is 211 Å². The highest BCUT2D eigenvalue weighted by Gasteiger charge is 2.52. The summed E-state index contributed by atoms with van der Waals surface area (Å²) in [5.41, 5.74) is 16.9. The molecule has 3 nitrogen and oxygen atoms in total. The van der Waals surface area contributed by atoms with Crippen LogP contribution in [0.1, 0.15) is 22.3 Å². The van der Waals surface area contributed by atoms with Crippen LogP contribution >= 0.6 is 11.3 Å². The molecule has 0 saturated carbocycles. The molecule has 0 fully saturated rings. The van der Waals surface area contributed by atoms with Crippen molar-refractivity contribution in [3.63, 3.8) is 0 Å². The number of hydrogen-bond acceptors (Lipinski definition) is 3. The van der Waals surface area contributed by atoms with Gasteiger partial charge >= 0.3 is 0 Å². The summed E-state index contributed by atoms with van der Waals surface area (Å²) >= 11 is 1.77. The van der Waals surface area contributed by atoms with Crippen molar-refractivity contribution < 1.29 is 0 Å². The maximum Gasteiger partial charge on any atom is 0.160 e. The van der Waals surface area contributed by atoms with Crippen LogP contribution < -0.4 is 0 Å². The number of aromatic nitrogens is 3. The Morgan fingerprint density at radius 1 is 0.477 bits per heavy atom. The summed E-state index contributed by atoms with van der Waals surface area (Å²) in [6.45, 7) is 0. The Morgan fingerprint density at radius 3 is 2.02 bits per heavy atom. The second kappa shape index (κ2) is 12.9. The Balaban J connectivity index is 0.935. The van der Waals surface area contributed by atoms with Gasteiger partial charge in [-0.1, -0.05) is 158 Å². The van der Waals surface area contributed by atoms with Gasteiger partial charge in [-0.2, -0.15) is 0 Å². The summed E-state index contributed by atoms with van der Waals surface area (Å²) in [4.78, 5) is 11.0. The van der Waals surface area contributed by atoms with Crippen molar-refractivity contribution in [3.05, 3.63) is 235 Å². The van der Waals surface area contributed by atoms with Crippen molar-refractivity contribution in [2.24, 2.45) is 0 Å². The van der Waals surface area contributed by atoms with Crippen molar-refractivity contribution in [3.8, 4) is 50.6 Å². The number of nitrogens with zero attached hydrogens (tertiary/aromatic N) is 3. The minimum Gasteiger partial charge on any atom is -0.309 e. The lowest BCUT2D eigenvalue weighted by molar-refractivity contribution is 0.794. The first-order chi connectivity index (χ1) is 32.2. The molecule has 65 heavy (non-hydrogen) atoms.